The van der Waals surface area contributed by atoms with Gasteiger partial charge >= 0.3 is 0 Å². The summed E-state index contributed by atoms with van der Waals surface area (Å²) in [7, 11) is 0. The van der Waals surface area contributed by atoms with Crippen molar-refractivity contribution >= 4 is 40.8 Å². The lowest BCUT2D eigenvalue weighted by molar-refractivity contribution is -0.118. The Balaban J connectivity index is 1.75. The van der Waals surface area contributed by atoms with Gasteiger partial charge in [-0.15, -0.1) is 5.73 Å². The highest BCUT2D eigenvalue weighted by atomic mass is 16.2. The third-order valence-corrected chi connectivity index (χ3v) is 7.21. The number of allylic oxidation sites excluding steroid dienone is 4. The summed E-state index contributed by atoms with van der Waals surface area (Å²) in [5, 5.41) is 17.0. The zero-order valence-corrected chi connectivity index (χ0v) is 22.6. The van der Waals surface area contributed by atoms with E-state index in [1.807, 2.05) is 43.3 Å². The first-order valence-corrected chi connectivity index (χ1v) is 12.9. The maximum atomic E-state index is 13.1. The van der Waals surface area contributed by atoms with Crippen LogP contribution in [-0.2, 0) is 4.79 Å². The van der Waals surface area contributed by atoms with Gasteiger partial charge < -0.3 is 11.1 Å². The Bertz CT molecular complexity index is 1530. The molecule has 0 unspecified atom stereocenters. The molecule has 0 saturated heterocycles. The van der Waals surface area contributed by atoms with E-state index in [2.05, 4.69) is 26.2 Å². The fourth-order valence-corrected chi connectivity index (χ4v) is 5.22. The molecule has 0 saturated carbocycles. The maximum Gasteiger partial charge on any atom is 0.260 e. The standard InChI is InChI=1S/C32H33N5O2/c1-5-29-25-15-20(4)28(16-26(25)32(39)37(29)18-30(34)38)36-27-14-11-22(17-33)24(13-12-23(27)19(2)3)31(35)21-9-7-6-8-10-21/h6-10,15-17,33,35H,1,11-14,18H2,2-4H3,(H2,34,38)/b24-22-,33-17?,35-31?,36-27?. The molecule has 0 bridgehead atoms. The SMILES string of the molecule is C=C=C1c2cc(C)c(N=C3CC/C(C=N)=C(/C(=N)c4ccccc4)CCC3=C(C)C)cc2C(=O)N1CC(N)=O. The number of carbonyl (C=O) groups is 2. The number of benzene rings is 2. The molecule has 39 heavy (non-hydrogen) atoms. The molecule has 0 fully saturated rings. The molecule has 0 atom stereocenters. The molecule has 198 valence electrons. The van der Waals surface area contributed by atoms with Crippen molar-refractivity contribution in [2.45, 2.75) is 46.5 Å². The van der Waals surface area contributed by atoms with Crippen LogP contribution in [0.25, 0.3) is 5.70 Å². The molecule has 0 aromatic heterocycles. The Hall–Kier alpha value is -4.61. The fraction of sp³-hybridized carbons (Fsp3) is 0.250. The predicted octanol–water partition coefficient (Wildman–Crippen LogP) is 6.06. The van der Waals surface area contributed by atoms with Gasteiger partial charge in [-0.3, -0.25) is 24.9 Å². The lowest BCUT2D eigenvalue weighted by atomic mass is 9.84. The Kier molecular flexibility index (Phi) is 8.03. The molecule has 1 aliphatic heterocycles. The van der Waals surface area contributed by atoms with Gasteiger partial charge in [0, 0.05) is 17.5 Å². The summed E-state index contributed by atoms with van der Waals surface area (Å²) in [5.74, 6) is -0.937. The van der Waals surface area contributed by atoms with E-state index in [9.17, 15) is 9.59 Å². The normalized spacial score (nSPS) is 18.4. The second-order valence-electron chi connectivity index (χ2n) is 9.99. The number of rotatable bonds is 6. The third-order valence-electron chi connectivity index (χ3n) is 7.21. The second-order valence-corrected chi connectivity index (χ2v) is 9.99. The summed E-state index contributed by atoms with van der Waals surface area (Å²) in [4.78, 5) is 31.1. The van der Waals surface area contributed by atoms with Crippen LogP contribution in [0.3, 0.4) is 0 Å². The second kappa shape index (κ2) is 11.4. The van der Waals surface area contributed by atoms with Crippen LogP contribution in [0, 0.1) is 17.7 Å². The van der Waals surface area contributed by atoms with Crippen molar-refractivity contribution < 1.29 is 9.59 Å². The average Bonchev–Trinajstić information content (AvgIpc) is 3.14. The Morgan fingerprint density at radius 1 is 1.13 bits per heavy atom. The number of carbonyl (C=O) groups excluding carboxylic acids is 2. The van der Waals surface area contributed by atoms with E-state index >= 15 is 0 Å². The van der Waals surface area contributed by atoms with Crippen LogP contribution in [0.4, 0.5) is 5.69 Å². The summed E-state index contributed by atoms with van der Waals surface area (Å²) in [6.07, 6.45) is 3.89. The van der Waals surface area contributed by atoms with Gasteiger partial charge in [0.25, 0.3) is 5.91 Å². The van der Waals surface area contributed by atoms with Crippen molar-refractivity contribution in [2.24, 2.45) is 10.7 Å². The highest BCUT2D eigenvalue weighted by Crippen LogP contribution is 2.37. The predicted molar refractivity (Wildman–Crippen MR) is 157 cm³/mol. The van der Waals surface area contributed by atoms with Crippen LogP contribution in [0.1, 0.15) is 66.6 Å². The Labute approximate surface area is 229 Å². The monoisotopic (exact) mass is 519 g/mol. The largest absolute Gasteiger partial charge is 0.368 e. The first kappa shape index (κ1) is 27.4. The van der Waals surface area contributed by atoms with E-state index in [1.165, 1.54) is 11.1 Å². The average molecular weight is 520 g/mol. The van der Waals surface area contributed by atoms with E-state index < -0.39 is 5.91 Å². The lowest BCUT2D eigenvalue weighted by Gasteiger charge is -2.22. The number of hydrogen-bond donors (Lipinski definition) is 3. The van der Waals surface area contributed by atoms with Crippen molar-refractivity contribution in [3.63, 3.8) is 0 Å². The summed E-state index contributed by atoms with van der Waals surface area (Å²) in [6.45, 7) is 9.53. The molecule has 7 nitrogen and oxygen atoms in total. The van der Waals surface area contributed by atoms with Crippen LogP contribution in [0.2, 0.25) is 0 Å². The minimum Gasteiger partial charge on any atom is -0.368 e. The number of nitrogens with zero attached hydrogens (tertiary/aromatic N) is 2. The van der Waals surface area contributed by atoms with E-state index in [0.29, 0.717) is 53.9 Å². The quantitative estimate of drug-likeness (QED) is 0.317. The van der Waals surface area contributed by atoms with Gasteiger partial charge in [-0.2, -0.15) is 0 Å². The molecule has 2 aromatic rings. The molecule has 1 aliphatic carbocycles. The van der Waals surface area contributed by atoms with Crippen molar-refractivity contribution in [2.75, 3.05) is 6.54 Å². The van der Waals surface area contributed by atoms with Crippen molar-refractivity contribution in [3.05, 3.63) is 99.3 Å². The topological polar surface area (TPSA) is 123 Å². The van der Waals surface area contributed by atoms with Crippen LogP contribution >= 0.6 is 0 Å². The number of aliphatic imine (C=N–C) groups is 1. The summed E-state index contributed by atoms with van der Waals surface area (Å²) in [6, 6.07) is 13.3. The highest BCUT2D eigenvalue weighted by molar-refractivity contribution is 6.14. The smallest absolute Gasteiger partial charge is 0.260 e. The molecule has 7 heteroatoms. The molecule has 2 aromatic carbocycles. The first-order valence-electron chi connectivity index (χ1n) is 12.9. The zero-order valence-electron chi connectivity index (χ0n) is 22.6. The minimum absolute atomic E-state index is 0.241. The molecule has 2 amide bonds. The van der Waals surface area contributed by atoms with Crippen molar-refractivity contribution in [1.82, 2.24) is 4.90 Å². The number of nitrogens with one attached hydrogen (secondary N) is 2. The molecular weight excluding hydrogens is 486 g/mol. The number of amides is 2. The van der Waals surface area contributed by atoms with Gasteiger partial charge in [-0.05, 0) is 86.4 Å². The summed E-state index contributed by atoms with van der Waals surface area (Å²) in [5.41, 5.74) is 17.5. The Morgan fingerprint density at radius 2 is 1.85 bits per heavy atom. The van der Waals surface area contributed by atoms with E-state index in [0.717, 1.165) is 39.1 Å². The molecule has 0 spiro atoms. The zero-order chi connectivity index (χ0) is 28.3. The Morgan fingerprint density at radius 3 is 2.46 bits per heavy atom. The maximum absolute atomic E-state index is 13.1. The number of aryl methyl sites for hydroxylation is 1. The molecule has 4 N–H and O–H groups in total. The van der Waals surface area contributed by atoms with E-state index in [-0.39, 0.29) is 12.5 Å². The van der Waals surface area contributed by atoms with Crippen LogP contribution in [0.15, 0.2) is 82.1 Å². The molecule has 4 rings (SSSR count). The summed E-state index contributed by atoms with van der Waals surface area (Å²) >= 11 is 0. The van der Waals surface area contributed by atoms with E-state index in [4.69, 9.17) is 21.5 Å². The number of primary amides is 1. The number of hydrogen-bond acceptors (Lipinski definition) is 5. The molecule has 2 aliphatic rings. The third kappa shape index (κ3) is 5.49. The fourth-order valence-electron chi connectivity index (χ4n) is 5.22. The van der Waals surface area contributed by atoms with Crippen LogP contribution in [0.5, 0.6) is 0 Å². The van der Waals surface area contributed by atoms with Crippen LogP contribution < -0.4 is 5.73 Å². The highest BCUT2D eigenvalue weighted by Gasteiger charge is 2.34. The van der Waals surface area contributed by atoms with Crippen molar-refractivity contribution in [3.8, 4) is 0 Å². The van der Waals surface area contributed by atoms with Gasteiger partial charge in [0.2, 0.25) is 5.91 Å². The van der Waals surface area contributed by atoms with Gasteiger partial charge in [-0.1, -0.05) is 42.5 Å². The van der Waals surface area contributed by atoms with Gasteiger partial charge in [0.15, 0.2) is 0 Å². The molecule has 1 heterocycles. The van der Waals surface area contributed by atoms with Gasteiger partial charge in [-0.25, -0.2) is 0 Å². The molecule has 0 radical (unpaired) electrons. The van der Waals surface area contributed by atoms with E-state index in [1.54, 1.807) is 6.07 Å². The lowest BCUT2D eigenvalue weighted by Crippen LogP contribution is -2.33. The van der Waals surface area contributed by atoms with Crippen LogP contribution in [-0.4, -0.2) is 40.9 Å². The number of fused-ring (bicyclic) bond motifs is 1. The summed E-state index contributed by atoms with van der Waals surface area (Å²) < 4.78 is 0. The van der Waals surface area contributed by atoms with Gasteiger partial charge in [0.1, 0.15) is 6.54 Å². The van der Waals surface area contributed by atoms with Gasteiger partial charge in [0.05, 0.1) is 22.7 Å². The minimum atomic E-state index is -0.612. The first-order chi connectivity index (χ1) is 18.7. The van der Waals surface area contributed by atoms with Crippen molar-refractivity contribution in [1.29, 1.82) is 10.8 Å². The number of nitrogens with two attached hydrogens (primary N) is 1. The molecular formula is C32H33N5O2.